The van der Waals surface area contributed by atoms with Gasteiger partial charge in [-0.05, 0) is 43.5 Å². The van der Waals surface area contributed by atoms with Crippen LogP contribution in [0.1, 0.15) is 47.8 Å². The molecule has 4 rings (SSSR count). The Morgan fingerprint density at radius 2 is 2.07 bits per heavy atom. The molecule has 2 aromatic heterocycles. The first-order valence-corrected chi connectivity index (χ1v) is 10.8. The maximum Gasteiger partial charge on any atom is 0.246 e. The van der Waals surface area contributed by atoms with Gasteiger partial charge in [-0.3, -0.25) is 9.59 Å². The summed E-state index contributed by atoms with van der Waals surface area (Å²) in [6, 6.07) is 1.99. The quantitative estimate of drug-likeness (QED) is 0.725. The number of hydrogen-bond donors (Lipinski definition) is 0. The average molecular weight is 409 g/mol. The summed E-state index contributed by atoms with van der Waals surface area (Å²) in [5.41, 5.74) is 5.57. The Morgan fingerprint density at radius 3 is 2.79 bits per heavy atom. The maximum atomic E-state index is 12.6. The molecule has 0 aliphatic carbocycles. The highest BCUT2D eigenvalue weighted by atomic mass is 32.1. The molecule has 2 aliphatic heterocycles. The van der Waals surface area contributed by atoms with Gasteiger partial charge in [0.25, 0.3) is 0 Å². The van der Waals surface area contributed by atoms with Gasteiger partial charge >= 0.3 is 0 Å². The Bertz CT molecular complexity index is 971. The van der Waals surface area contributed by atoms with Crippen molar-refractivity contribution in [3.63, 3.8) is 0 Å². The molecule has 4 heterocycles. The molecule has 0 N–H and O–H groups in total. The highest BCUT2D eigenvalue weighted by Crippen LogP contribution is 2.28. The van der Waals surface area contributed by atoms with Gasteiger partial charge < -0.3 is 9.80 Å². The fourth-order valence-corrected chi connectivity index (χ4v) is 4.22. The zero-order chi connectivity index (χ0) is 20.4. The third kappa shape index (κ3) is 4.29. The van der Waals surface area contributed by atoms with Gasteiger partial charge in [-0.15, -0.1) is 11.3 Å². The highest BCUT2D eigenvalue weighted by Gasteiger charge is 2.27. The van der Waals surface area contributed by atoms with Gasteiger partial charge in [-0.25, -0.2) is 9.97 Å². The van der Waals surface area contributed by atoms with Crippen LogP contribution in [0.25, 0.3) is 12.2 Å². The average Bonchev–Trinajstić information content (AvgIpc) is 3.24. The van der Waals surface area contributed by atoms with Crippen molar-refractivity contribution >= 4 is 41.0 Å². The monoisotopic (exact) mass is 408 g/mol. The van der Waals surface area contributed by atoms with Gasteiger partial charge in [-0.2, -0.15) is 0 Å². The van der Waals surface area contributed by atoms with Gasteiger partial charge in [0.15, 0.2) is 5.78 Å². The second-order valence-corrected chi connectivity index (χ2v) is 8.32. The van der Waals surface area contributed by atoms with Crippen LogP contribution in [0, 0.1) is 0 Å². The minimum Gasteiger partial charge on any atom is -0.356 e. The van der Waals surface area contributed by atoms with E-state index < -0.39 is 0 Å². The van der Waals surface area contributed by atoms with Crippen molar-refractivity contribution in [2.45, 2.75) is 32.2 Å². The molecule has 2 aliphatic rings. The first-order valence-electron chi connectivity index (χ1n) is 9.82. The number of carbonyl (C=O) groups excluding carboxylic acids is 2. The van der Waals surface area contributed by atoms with Gasteiger partial charge in [-0.1, -0.05) is 5.57 Å². The summed E-state index contributed by atoms with van der Waals surface area (Å²) in [7, 11) is 1.95. The molecule has 29 heavy (non-hydrogen) atoms. The predicted octanol–water partition coefficient (Wildman–Crippen LogP) is 3.67. The summed E-state index contributed by atoms with van der Waals surface area (Å²) in [5, 5.41) is 2.03. The lowest BCUT2D eigenvalue weighted by atomic mass is 9.97. The number of Topliss-reactive ketones (excluding diaryl/α,β-unsaturated/α-hetero) is 1. The van der Waals surface area contributed by atoms with Crippen LogP contribution in [-0.4, -0.2) is 52.7 Å². The number of amides is 1. The van der Waals surface area contributed by atoms with Crippen LogP contribution in [0.4, 0.5) is 5.82 Å². The molecule has 0 saturated carbocycles. The number of anilines is 1. The third-order valence-electron chi connectivity index (χ3n) is 5.60. The van der Waals surface area contributed by atoms with Gasteiger partial charge in [0, 0.05) is 50.3 Å². The van der Waals surface area contributed by atoms with E-state index in [4.69, 9.17) is 0 Å². The van der Waals surface area contributed by atoms with Crippen LogP contribution in [0.3, 0.4) is 0 Å². The van der Waals surface area contributed by atoms with E-state index in [0.29, 0.717) is 30.9 Å². The molecular formula is C22H24N4O2S. The second kappa shape index (κ2) is 8.29. The number of aromatic nitrogens is 2. The van der Waals surface area contributed by atoms with Crippen LogP contribution in [-0.2, 0) is 4.79 Å². The minimum absolute atomic E-state index is 0.00695. The van der Waals surface area contributed by atoms with Gasteiger partial charge in [0.1, 0.15) is 5.82 Å². The standard InChI is InChI=1S/C22H24N4O2S/c1-15-9-20(27)19-11-17(12-23-22(19)25(15)2)3-4-21(28)26-7-5-16(6-8-26)10-18-13-29-14-24-18/h3-4,10-15H,5-9H2,1-2H3. The number of carbonyl (C=O) groups is 2. The summed E-state index contributed by atoms with van der Waals surface area (Å²) < 4.78 is 0. The number of piperidine rings is 1. The summed E-state index contributed by atoms with van der Waals surface area (Å²) in [6.07, 6.45) is 9.41. The lowest BCUT2D eigenvalue weighted by Crippen LogP contribution is -2.37. The first-order chi connectivity index (χ1) is 14.0. The summed E-state index contributed by atoms with van der Waals surface area (Å²) >= 11 is 1.59. The molecule has 7 heteroatoms. The van der Waals surface area contributed by atoms with Crippen molar-refractivity contribution in [2.75, 3.05) is 25.0 Å². The summed E-state index contributed by atoms with van der Waals surface area (Å²) in [5.74, 6) is 0.815. The Balaban J connectivity index is 1.39. The fraction of sp³-hybridized carbons (Fsp3) is 0.364. The van der Waals surface area contributed by atoms with Crippen LogP contribution < -0.4 is 4.90 Å². The zero-order valence-corrected chi connectivity index (χ0v) is 17.5. The molecular weight excluding hydrogens is 384 g/mol. The van der Waals surface area contributed by atoms with E-state index >= 15 is 0 Å². The molecule has 0 spiro atoms. The topological polar surface area (TPSA) is 66.4 Å². The smallest absolute Gasteiger partial charge is 0.246 e. The summed E-state index contributed by atoms with van der Waals surface area (Å²) in [6.45, 7) is 3.44. The van der Waals surface area contributed by atoms with E-state index in [1.54, 1.807) is 29.7 Å². The van der Waals surface area contributed by atoms with E-state index in [9.17, 15) is 9.59 Å². The fourth-order valence-electron chi connectivity index (χ4n) is 3.71. The molecule has 1 fully saturated rings. The first kappa shape index (κ1) is 19.5. The van der Waals surface area contributed by atoms with Crippen molar-refractivity contribution in [2.24, 2.45) is 0 Å². The molecule has 150 valence electrons. The SMILES string of the molecule is CC1CC(=O)c2cc(C=CC(=O)N3CCC(=Cc4cscn4)CC3)cnc2N1C. The number of pyridine rings is 1. The highest BCUT2D eigenvalue weighted by molar-refractivity contribution is 7.07. The molecule has 0 bridgehead atoms. The van der Waals surface area contributed by atoms with E-state index in [-0.39, 0.29) is 17.7 Å². The summed E-state index contributed by atoms with van der Waals surface area (Å²) in [4.78, 5) is 37.5. The largest absolute Gasteiger partial charge is 0.356 e. The number of rotatable bonds is 3. The Hall–Kier alpha value is -2.80. The molecule has 1 amide bonds. The number of ketones is 1. The lowest BCUT2D eigenvalue weighted by molar-refractivity contribution is -0.126. The van der Waals surface area contributed by atoms with Crippen LogP contribution in [0.5, 0.6) is 0 Å². The molecule has 1 unspecified atom stereocenters. The number of likely N-dealkylation sites (tertiary alicyclic amines) is 1. The second-order valence-electron chi connectivity index (χ2n) is 7.60. The maximum absolute atomic E-state index is 12.6. The van der Waals surface area contributed by atoms with Gasteiger partial charge in [0.05, 0.1) is 16.8 Å². The van der Waals surface area contributed by atoms with Gasteiger partial charge in [0.2, 0.25) is 5.91 Å². The van der Waals surface area contributed by atoms with Crippen molar-refractivity contribution < 1.29 is 9.59 Å². The molecule has 1 saturated heterocycles. The predicted molar refractivity (Wildman–Crippen MR) is 116 cm³/mol. The van der Waals surface area contributed by atoms with Crippen molar-refractivity contribution in [3.8, 4) is 0 Å². The van der Waals surface area contributed by atoms with E-state index in [1.807, 2.05) is 40.7 Å². The van der Waals surface area contributed by atoms with Crippen molar-refractivity contribution in [3.05, 3.63) is 51.6 Å². The molecule has 6 nitrogen and oxygen atoms in total. The Kier molecular flexibility index (Phi) is 5.58. The Labute approximate surface area is 174 Å². The Morgan fingerprint density at radius 1 is 1.28 bits per heavy atom. The normalized spacial score (nSPS) is 19.6. The molecule has 0 aromatic carbocycles. The van der Waals surface area contributed by atoms with Crippen LogP contribution in [0.15, 0.2) is 34.8 Å². The minimum atomic E-state index is -0.00695. The zero-order valence-electron chi connectivity index (χ0n) is 16.7. The van der Waals surface area contributed by atoms with Crippen molar-refractivity contribution in [1.29, 1.82) is 0 Å². The molecule has 0 radical (unpaired) electrons. The number of nitrogens with zero attached hydrogens (tertiary/aromatic N) is 4. The number of thiazole rings is 1. The molecule has 1 atom stereocenters. The van der Waals surface area contributed by atoms with Crippen LogP contribution >= 0.6 is 11.3 Å². The number of fused-ring (bicyclic) bond motifs is 1. The number of hydrogen-bond acceptors (Lipinski definition) is 6. The van der Waals surface area contributed by atoms with E-state index in [2.05, 4.69) is 16.0 Å². The van der Waals surface area contributed by atoms with E-state index in [1.165, 1.54) is 5.57 Å². The third-order valence-corrected chi connectivity index (χ3v) is 6.21. The lowest BCUT2D eigenvalue weighted by Gasteiger charge is -2.31. The van der Waals surface area contributed by atoms with Crippen LogP contribution in [0.2, 0.25) is 0 Å². The van der Waals surface area contributed by atoms with Crippen molar-refractivity contribution in [1.82, 2.24) is 14.9 Å². The van der Waals surface area contributed by atoms with E-state index in [0.717, 1.165) is 24.1 Å². The molecule has 2 aromatic rings.